The van der Waals surface area contributed by atoms with Crippen LogP contribution in [-0.4, -0.2) is 17.6 Å². The van der Waals surface area contributed by atoms with Crippen LogP contribution in [0.4, 0.5) is 0 Å². The first-order valence-corrected chi connectivity index (χ1v) is 2.80. The molecular formula is C5H13N3O. The summed E-state index contributed by atoms with van der Waals surface area (Å²) < 4.78 is 0. The number of hydrazine groups is 1. The quantitative estimate of drug-likeness (QED) is 0.447. The number of nitrogens with one attached hydrogen (secondary N) is 1. The average Bonchev–Trinajstić information content (AvgIpc) is 1.64. The van der Waals surface area contributed by atoms with Crippen molar-refractivity contribution in [2.24, 2.45) is 5.29 Å². The van der Waals surface area contributed by atoms with Crippen LogP contribution in [0.25, 0.3) is 0 Å². The lowest BCUT2D eigenvalue weighted by atomic mass is 10.1. The first-order chi connectivity index (χ1) is 3.98. The first-order valence-electron chi connectivity index (χ1n) is 2.80. The van der Waals surface area contributed by atoms with E-state index in [4.69, 9.17) is 0 Å². The van der Waals surface area contributed by atoms with Crippen molar-refractivity contribution in [3.8, 4) is 0 Å². The van der Waals surface area contributed by atoms with Gasteiger partial charge in [-0.2, -0.15) is 0 Å². The van der Waals surface area contributed by atoms with E-state index in [-0.39, 0.29) is 5.54 Å². The maximum atomic E-state index is 9.66. The molecule has 0 aliphatic heterocycles. The van der Waals surface area contributed by atoms with Crippen LogP contribution in [0.2, 0.25) is 0 Å². The van der Waals surface area contributed by atoms with Crippen molar-refractivity contribution in [2.45, 2.75) is 26.3 Å². The fourth-order valence-electron chi connectivity index (χ4n) is 0.211. The lowest BCUT2D eigenvalue weighted by Gasteiger charge is -2.28. The van der Waals surface area contributed by atoms with Crippen LogP contribution >= 0.6 is 0 Å². The normalized spacial score (nSPS) is 11.7. The lowest BCUT2D eigenvalue weighted by Crippen LogP contribution is -2.44. The highest BCUT2D eigenvalue weighted by Gasteiger charge is 2.15. The summed E-state index contributed by atoms with van der Waals surface area (Å²) in [7, 11) is 1.77. The van der Waals surface area contributed by atoms with Crippen molar-refractivity contribution in [1.29, 1.82) is 0 Å². The molecule has 0 heterocycles. The van der Waals surface area contributed by atoms with Crippen LogP contribution in [0.1, 0.15) is 20.8 Å². The van der Waals surface area contributed by atoms with E-state index in [2.05, 4.69) is 10.8 Å². The van der Waals surface area contributed by atoms with Crippen LogP contribution in [-0.2, 0) is 0 Å². The van der Waals surface area contributed by atoms with E-state index in [0.29, 0.717) is 0 Å². The predicted molar refractivity (Wildman–Crippen MR) is 36.4 cm³/mol. The minimum absolute atomic E-state index is 0.0616. The van der Waals surface area contributed by atoms with Gasteiger partial charge >= 0.3 is 0 Å². The van der Waals surface area contributed by atoms with Gasteiger partial charge in [0.05, 0.1) is 5.29 Å². The average molecular weight is 131 g/mol. The smallest absolute Gasteiger partial charge is 0.0658 e. The molecule has 1 N–H and O–H groups in total. The fourth-order valence-corrected chi connectivity index (χ4v) is 0.211. The van der Waals surface area contributed by atoms with E-state index in [9.17, 15) is 4.91 Å². The summed E-state index contributed by atoms with van der Waals surface area (Å²) in [5, 5.41) is 4.17. The highest BCUT2D eigenvalue weighted by atomic mass is 16.3. The van der Waals surface area contributed by atoms with Gasteiger partial charge in [0.25, 0.3) is 0 Å². The molecule has 0 rings (SSSR count). The number of hydrogen-bond acceptors (Lipinski definition) is 3. The monoisotopic (exact) mass is 131 g/mol. The molecule has 0 aliphatic carbocycles. The molecule has 4 heteroatoms. The summed E-state index contributed by atoms with van der Waals surface area (Å²) in [5.74, 6) is 0. The minimum atomic E-state index is -0.0616. The molecule has 0 amide bonds. The van der Waals surface area contributed by atoms with Gasteiger partial charge in [-0.3, -0.25) is 0 Å². The Labute approximate surface area is 55.1 Å². The SMILES string of the molecule is CN(NN=O)C(C)(C)C. The lowest BCUT2D eigenvalue weighted by molar-refractivity contribution is 0.109. The molecule has 54 valence electrons. The van der Waals surface area contributed by atoms with E-state index < -0.39 is 0 Å². The largest absolute Gasteiger partial charge is 0.203 e. The summed E-state index contributed by atoms with van der Waals surface area (Å²) in [5.41, 5.74) is 2.23. The van der Waals surface area contributed by atoms with Crippen LogP contribution in [0.15, 0.2) is 5.29 Å². The number of hydrogen-bond donors (Lipinski definition) is 1. The predicted octanol–water partition coefficient (Wildman–Crippen LogP) is 0.903. The molecule has 0 unspecified atom stereocenters. The van der Waals surface area contributed by atoms with E-state index in [1.165, 1.54) is 0 Å². The number of nitrogens with zero attached hydrogens (tertiary/aromatic N) is 2. The molecule has 0 saturated carbocycles. The molecular weight excluding hydrogens is 118 g/mol. The molecule has 0 aromatic carbocycles. The third-order valence-corrected chi connectivity index (χ3v) is 1.20. The minimum Gasteiger partial charge on any atom is -0.203 e. The number of rotatable bonds is 2. The highest BCUT2D eigenvalue weighted by molar-refractivity contribution is 4.67. The Hall–Kier alpha value is -0.640. The van der Waals surface area contributed by atoms with Crippen LogP contribution in [0.5, 0.6) is 0 Å². The second-order valence-electron chi connectivity index (χ2n) is 2.92. The molecule has 0 spiro atoms. The highest BCUT2D eigenvalue weighted by Crippen LogP contribution is 2.06. The van der Waals surface area contributed by atoms with Crippen LogP contribution < -0.4 is 5.53 Å². The summed E-state index contributed by atoms with van der Waals surface area (Å²) in [4.78, 5) is 9.66. The van der Waals surface area contributed by atoms with Gasteiger partial charge in [0.1, 0.15) is 0 Å². The Morgan fingerprint density at radius 3 is 2.00 bits per heavy atom. The molecule has 0 aliphatic rings. The van der Waals surface area contributed by atoms with Gasteiger partial charge in [-0.15, -0.1) is 4.91 Å². The first kappa shape index (κ1) is 8.36. The van der Waals surface area contributed by atoms with Gasteiger partial charge in [-0.1, -0.05) is 0 Å². The third-order valence-electron chi connectivity index (χ3n) is 1.20. The molecule has 0 radical (unpaired) electrons. The Bertz CT molecular complexity index is 96.9. The topological polar surface area (TPSA) is 44.7 Å². The Morgan fingerprint density at radius 1 is 1.44 bits per heavy atom. The standard InChI is InChI=1S/C5H13N3O/c1-5(2,3)8(4)6-7-9/h1-4H3,(H,6,9). The van der Waals surface area contributed by atoms with Crippen LogP contribution in [0, 0.1) is 4.91 Å². The molecule has 4 nitrogen and oxygen atoms in total. The van der Waals surface area contributed by atoms with Crippen molar-refractivity contribution in [3.05, 3.63) is 4.91 Å². The molecule has 0 aromatic rings. The van der Waals surface area contributed by atoms with Gasteiger partial charge in [0.15, 0.2) is 0 Å². The maximum absolute atomic E-state index is 9.66. The molecule has 0 saturated heterocycles. The third kappa shape index (κ3) is 3.03. The van der Waals surface area contributed by atoms with Crippen LogP contribution in [0.3, 0.4) is 0 Å². The summed E-state index contributed by atoms with van der Waals surface area (Å²) in [6.07, 6.45) is 0. The van der Waals surface area contributed by atoms with Gasteiger partial charge in [-0.05, 0) is 20.8 Å². The summed E-state index contributed by atoms with van der Waals surface area (Å²) in [6.45, 7) is 5.93. The molecule has 0 atom stereocenters. The Kier molecular flexibility index (Phi) is 2.58. The molecule has 0 fully saturated rings. The van der Waals surface area contributed by atoms with E-state index in [1.54, 1.807) is 12.1 Å². The Morgan fingerprint density at radius 2 is 1.89 bits per heavy atom. The van der Waals surface area contributed by atoms with Crippen molar-refractivity contribution in [1.82, 2.24) is 10.5 Å². The van der Waals surface area contributed by atoms with Gasteiger partial charge < -0.3 is 0 Å². The van der Waals surface area contributed by atoms with Gasteiger partial charge in [-0.25, -0.2) is 10.5 Å². The maximum Gasteiger partial charge on any atom is 0.0658 e. The number of nitroso groups, excluding NO2 is 1. The van der Waals surface area contributed by atoms with E-state index in [1.807, 2.05) is 20.8 Å². The van der Waals surface area contributed by atoms with Crippen molar-refractivity contribution in [3.63, 3.8) is 0 Å². The van der Waals surface area contributed by atoms with E-state index in [0.717, 1.165) is 0 Å². The summed E-state index contributed by atoms with van der Waals surface area (Å²) in [6, 6.07) is 0. The van der Waals surface area contributed by atoms with Gasteiger partial charge in [0.2, 0.25) is 0 Å². The molecule has 9 heavy (non-hydrogen) atoms. The zero-order valence-electron chi connectivity index (χ0n) is 6.30. The zero-order valence-corrected chi connectivity index (χ0v) is 6.30. The van der Waals surface area contributed by atoms with Crippen molar-refractivity contribution >= 4 is 0 Å². The van der Waals surface area contributed by atoms with E-state index >= 15 is 0 Å². The van der Waals surface area contributed by atoms with Gasteiger partial charge in [0, 0.05) is 12.6 Å². The zero-order chi connectivity index (χ0) is 7.49. The second kappa shape index (κ2) is 2.77. The Balaban J connectivity index is 3.72. The summed E-state index contributed by atoms with van der Waals surface area (Å²) >= 11 is 0. The fraction of sp³-hybridized carbons (Fsp3) is 1.00. The second-order valence-corrected chi connectivity index (χ2v) is 2.92. The molecule has 0 bridgehead atoms. The molecule has 0 aromatic heterocycles. The van der Waals surface area contributed by atoms with Crippen molar-refractivity contribution in [2.75, 3.05) is 7.05 Å². The van der Waals surface area contributed by atoms with Crippen molar-refractivity contribution < 1.29 is 0 Å².